The Bertz CT molecular complexity index is 1030. The number of nitrogens with one attached hydrogen (secondary N) is 1. The number of nitrogens with two attached hydrogens (primary N) is 1. The minimum absolute atomic E-state index is 0.123. The normalized spacial score (nSPS) is 14.5. The Morgan fingerprint density at radius 3 is 3.12 bits per heavy atom. The van der Waals surface area contributed by atoms with E-state index in [-0.39, 0.29) is 29.6 Å². The van der Waals surface area contributed by atoms with Crippen molar-refractivity contribution >= 4 is 17.7 Å². The van der Waals surface area contributed by atoms with E-state index >= 15 is 0 Å². The second-order valence-corrected chi connectivity index (χ2v) is 5.94. The van der Waals surface area contributed by atoms with Gasteiger partial charge >= 0.3 is 5.97 Å². The summed E-state index contributed by atoms with van der Waals surface area (Å²) in [4.78, 5) is 34.5. The highest BCUT2D eigenvalue weighted by atomic mass is 16.5. The van der Waals surface area contributed by atoms with Crippen molar-refractivity contribution < 1.29 is 14.1 Å². The van der Waals surface area contributed by atoms with Gasteiger partial charge in [0.15, 0.2) is 5.69 Å². The maximum Gasteiger partial charge on any atom is 0.360 e. The van der Waals surface area contributed by atoms with Crippen molar-refractivity contribution in [3.8, 4) is 0 Å². The molecule has 3 N–H and O–H groups in total. The van der Waals surface area contributed by atoms with Gasteiger partial charge in [0, 0.05) is 37.7 Å². The quantitative estimate of drug-likeness (QED) is 0.601. The third kappa shape index (κ3) is 2.81. The Morgan fingerprint density at radius 2 is 2.31 bits per heavy atom. The lowest BCUT2D eigenvalue weighted by Gasteiger charge is -2.25. The van der Waals surface area contributed by atoms with E-state index < -0.39 is 5.97 Å². The molecule has 0 radical (unpaired) electrons. The number of hydrogen-bond donors (Lipinski definition) is 2. The number of carbonyl (C=O) groups excluding carboxylic acids is 1. The Morgan fingerprint density at radius 1 is 1.46 bits per heavy atom. The summed E-state index contributed by atoms with van der Waals surface area (Å²) in [5, 5.41) is 6.46. The molecule has 1 aliphatic heterocycles. The first-order chi connectivity index (χ1) is 12.5. The first-order valence-electron chi connectivity index (χ1n) is 8.16. The first-order valence-corrected chi connectivity index (χ1v) is 8.16. The lowest BCUT2D eigenvalue weighted by atomic mass is 10.1. The predicted molar refractivity (Wildman–Crippen MR) is 88.3 cm³/mol. The average Bonchev–Trinajstić information content (AvgIpc) is 3.18. The number of carbonyl (C=O) groups is 1. The molecule has 0 aliphatic carbocycles. The van der Waals surface area contributed by atoms with E-state index in [1.54, 1.807) is 6.92 Å². The lowest BCUT2D eigenvalue weighted by molar-refractivity contribution is 0.0512. The van der Waals surface area contributed by atoms with E-state index in [2.05, 4.69) is 25.1 Å². The number of fused-ring (bicyclic) bond motifs is 2. The molecule has 0 saturated heterocycles. The van der Waals surface area contributed by atoms with Crippen molar-refractivity contribution in [2.75, 3.05) is 18.9 Å². The number of aromatic nitrogens is 5. The molecule has 136 valence electrons. The fourth-order valence-corrected chi connectivity index (χ4v) is 3.01. The van der Waals surface area contributed by atoms with Crippen LogP contribution in [0, 0.1) is 0 Å². The lowest BCUT2D eigenvalue weighted by Crippen LogP contribution is -2.31. The molecule has 0 saturated carbocycles. The van der Waals surface area contributed by atoms with Gasteiger partial charge < -0.3 is 15.0 Å². The van der Waals surface area contributed by atoms with Gasteiger partial charge in [-0.2, -0.15) is 9.50 Å². The van der Waals surface area contributed by atoms with Crippen LogP contribution in [0.1, 0.15) is 34.4 Å². The fourth-order valence-electron chi connectivity index (χ4n) is 3.01. The van der Waals surface area contributed by atoms with E-state index in [0.29, 0.717) is 37.5 Å². The Hall–Kier alpha value is -3.21. The average molecular weight is 359 g/mol. The van der Waals surface area contributed by atoms with Crippen molar-refractivity contribution in [3.63, 3.8) is 0 Å². The molecular weight excluding hydrogens is 342 g/mol. The molecule has 26 heavy (non-hydrogen) atoms. The summed E-state index contributed by atoms with van der Waals surface area (Å²) >= 11 is 0. The van der Waals surface area contributed by atoms with Crippen LogP contribution in [0.3, 0.4) is 0 Å². The molecule has 4 rings (SSSR count). The Balaban J connectivity index is 1.57. The van der Waals surface area contributed by atoms with Crippen LogP contribution in [0.5, 0.6) is 0 Å². The van der Waals surface area contributed by atoms with E-state index in [4.69, 9.17) is 15.0 Å². The second-order valence-electron chi connectivity index (χ2n) is 5.94. The zero-order valence-corrected chi connectivity index (χ0v) is 14.1. The molecule has 0 amide bonds. The van der Waals surface area contributed by atoms with Crippen LogP contribution in [-0.2, 0) is 24.2 Å². The topological polar surface area (TPSA) is 145 Å². The van der Waals surface area contributed by atoms with E-state index in [9.17, 15) is 9.59 Å². The van der Waals surface area contributed by atoms with Crippen LogP contribution >= 0.6 is 0 Å². The van der Waals surface area contributed by atoms with Gasteiger partial charge in [-0.1, -0.05) is 5.16 Å². The minimum atomic E-state index is -0.496. The standard InChI is InChI=1S/C15H17N7O4/c1-2-25-13(24)12-9-7-21(4-3-10(9)26-20-12)6-8-5-11(23)22-15(17-8)18-14(16)19-22/h5H,2-4,6-7H2,1H3,(H3,16,17,18,19). The summed E-state index contributed by atoms with van der Waals surface area (Å²) in [5.41, 5.74) is 6.77. The van der Waals surface area contributed by atoms with E-state index in [1.165, 1.54) is 10.6 Å². The Kier molecular flexibility index (Phi) is 3.92. The smallest absolute Gasteiger partial charge is 0.360 e. The van der Waals surface area contributed by atoms with Gasteiger partial charge in [0.05, 0.1) is 12.3 Å². The van der Waals surface area contributed by atoms with Gasteiger partial charge in [0.2, 0.25) is 5.95 Å². The van der Waals surface area contributed by atoms with Gasteiger partial charge in [-0.3, -0.25) is 14.8 Å². The highest BCUT2D eigenvalue weighted by molar-refractivity contribution is 5.89. The van der Waals surface area contributed by atoms with Crippen LogP contribution in [0.25, 0.3) is 5.78 Å². The first kappa shape index (κ1) is 16.3. The molecule has 3 aromatic heterocycles. The van der Waals surface area contributed by atoms with Crippen molar-refractivity contribution in [1.82, 2.24) is 29.6 Å². The number of esters is 1. The number of H-pyrrole nitrogens is 1. The molecule has 11 heteroatoms. The van der Waals surface area contributed by atoms with Gasteiger partial charge in [0.1, 0.15) is 5.76 Å². The third-order valence-electron chi connectivity index (χ3n) is 4.16. The van der Waals surface area contributed by atoms with Gasteiger partial charge in [-0.15, -0.1) is 0 Å². The van der Waals surface area contributed by atoms with Gasteiger partial charge in [0.25, 0.3) is 11.3 Å². The molecule has 0 aromatic carbocycles. The molecule has 0 spiro atoms. The Labute approximate surface area is 146 Å². The maximum atomic E-state index is 12.1. The summed E-state index contributed by atoms with van der Waals surface area (Å²) in [6, 6.07) is 1.43. The number of hydrogen-bond acceptors (Lipinski definition) is 9. The zero-order valence-electron chi connectivity index (χ0n) is 14.1. The van der Waals surface area contributed by atoms with Crippen molar-refractivity contribution in [2.24, 2.45) is 0 Å². The molecule has 3 aromatic rings. The molecule has 11 nitrogen and oxygen atoms in total. The minimum Gasteiger partial charge on any atom is -0.461 e. The predicted octanol–water partition coefficient (Wildman–Crippen LogP) is -0.277. The highest BCUT2D eigenvalue weighted by Gasteiger charge is 2.28. The van der Waals surface area contributed by atoms with Gasteiger partial charge in [-0.25, -0.2) is 9.78 Å². The largest absolute Gasteiger partial charge is 0.461 e. The molecule has 0 fully saturated rings. The zero-order chi connectivity index (χ0) is 18.3. The van der Waals surface area contributed by atoms with Crippen molar-refractivity contribution in [3.05, 3.63) is 39.1 Å². The molecular formula is C15H17N7O4. The summed E-state index contributed by atoms with van der Waals surface area (Å²) < 4.78 is 11.5. The summed E-state index contributed by atoms with van der Waals surface area (Å²) in [5.74, 6) is 0.537. The summed E-state index contributed by atoms with van der Waals surface area (Å²) in [6.07, 6.45) is 0.609. The molecule has 4 heterocycles. The number of nitrogen functional groups attached to an aromatic ring is 1. The fraction of sp³-hybridized carbons (Fsp3) is 0.400. The summed E-state index contributed by atoms with van der Waals surface area (Å²) in [6.45, 7) is 3.57. The number of anilines is 1. The number of ether oxygens (including phenoxy) is 1. The van der Waals surface area contributed by atoms with Crippen molar-refractivity contribution in [2.45, 2.75) is 26.4 Å². The maximum absolute atomic E-state index is 12.1. The molecule has 0 atom stereocenters. The number of rotatable bonds is 4. The molecule has 1 aliphatic rings. The monoisotopic (exact) mass is 359 g/mol. The van der Waals surface area contributed by atoms with Crippen LogP contribution < -0.4 is 11.3 Å². The summed E-state index contributed by atoms with van der Waals surface area (Å²) in [7, 11) is 0. The van der Waals surface area contributed by atoms with Crippen LogP contribution in [0.15, 0.2) is 15.4 Å². The van der Waals surface area contributed by atoms with Crippen molar-refractivity contribution in [1.29, 1.82) is 0 Å². The highest BCUT2D eigenvalue weighted by Crippen LogP contribution is 2.24. The van der Waals surface area contributed by atoms with E-state index in [1.807, 2.05) is 0 Å². The third-order valence-corrected chi connectivity index (χ3v) is 4.16. The van der Waals surface area contributed by atoms with E-state index in [0.717, 1.165) is 5.56 Å². The number of nitrogens with zero attached hydrogens (tertiary/aromatic N) is 5. The van der Waals surface area contributed by atoms with Crippen LogP contribution in [0.2, 0.25) is 0 Å². The van der Waals surface area contributed by atoms with Crippen LogP contribution in [0.4, 0.5) is 5.95 Å². The second kappa shape index (κ2) is 6.26. The SMILES string of the molecule is CCOC(=O)c1noc2c1CN(Cc1cc(=O)n3[nH]c(N)nc3n1)CC2. The molecule has 0 bridgehead atoms. The van der Waals surface area contributed by atoms with Crippen LogP contribution in [-0.4, -0.2) is 48.8 Å². The molecule has 0 unspecified atom stereocenters. The van der Waals surface area contributed by atoms with Gasteiger partial charge in [-0.05, 0) is 6.92 Å². The number of aromatic amines is 1.